The largest absolute Gasteiger partial charge is 0.437 e. The number of benzene rings is 2. The summed E-state index contributed by atoms with van der Waals surface area (Å²) < 4.78 is 56.5. The van der Waals surface area contributed by atoms with Gasteiger partial charge in [0.1, 0.15) is 11.5 Å². The van der Waals surface area contributed by atoms with E-state index in [1.165, 1.54) is 13.0 Å². The topological polar surface area (TPSA) is 103 Å². The summed E-state index contributed by atoms with van der Waals surface area (Å²) in [5.41, 5.74) is 4.81. The van der Waals surface area contributed by atoms with Crippen molar-refractivity contribution in [2.24, 2.45) is 5.73 Å². The van der Waals surface area contributed by atoms with Crippen molar-refractivity contribution in [2.45, 2.75) is 33.0 Å². The van der Waals surface area contributed by atoms with E-state index in [0.29, 0.717) is 0 Å². The molecule has 11 heteroatoms. The van der Waals surface area contributed by atoms with Gasteiger partial charge in [-0.1, -0.05) is 31.2 Å². The number of nitrogens with zero attached hydrogens (tertiary/aromatic N) is 3. The quantitative estimate of drug-likeness (QED) is 0.370. The number of anilines is 1. The monoisotopic (exact) mass is 499 g/mol. The molecule has 4 aromatic rings. The number of rotatable bonds is 6. The lowest BCUT2D eigenvalue weighted by Crippen LogP contribution is -2.19. The van der Waals surface area contributed by atoms with Gasteiger partial charge in [-0.25, -0.2) is 9.37 Å². The van der Waals surface area contributed by atoms with Crippen LogP contribution < -0.4 is 11.1 Å². The van der Waals surface area contributed by atoms with Crippen LogP contribution in [0.3, 0.4) is 0 Å². The van der Waals surface area contributed by atoms with Gasteiger partial charge in [0.05, 0.1) is 29.0 Å². The first-order valence-electron chi connectivity index (χ1n) is 10.9. The summed E-state index contributed by atoms with van der Waals surface area (Å²) in [6.07, 6.45) is -4.03. The molecular weight excluding hydrogens is 478 g/mol. The summed E-state index contributed by atoms with van der Waals surface area (Å²) in [5.74, 6) is -2.62. The van der Waals surface area contributed by atoms with Gasteiger partial charge in [0.25, 0.3) is 11.8 Å². The van der Waals surface area contributed by atoms with E-state index in [1.54, 1.807) is 12.1 Å². The normalized spacial score (nSPS) is 11.6. The maximum Gasteiger partial charge on any atom is 0.437 e. The Labute approximate surface area is 202 Å². The molecule has 2 heterocycles. The van der Waals surface area contributed by atoms with Crippen molar-refractivity contribution >= 4 is 28.4 Å². The van der Waals surface area contributed by atoms with Gasteiger partial charge in [0, 0.05) is 11.5 Å². The third-order valence-corrected chi connectivity index (χ3v) is 5.75. The zero-order valence-electron chi connectivity index (χ0n) is 19.3. The average molecular weight is 499 g/mol. The second kappa shape index (κ2) is 9.40. The molecule has 36 heavy (non-hydrogen) atoms. The molecule has 0 saturated heterocycles. The molecule has 0 aliphatic carbocycles. The number of fused-ring (bicyclic) bond motifs is 1. The molecule has 0 fully saturated rings. The van der Waals surface area contributed by atoms with E-state index in [2.05, 4.69) is 15.4 Å². The van der Waals surface area contributed by atoms with Crippen LogP contribution in [-0.4, -0.2) is 26.6 Å². The zero-order chi connectivity index (χ0) is 26.2. The Hall–Kier alpha value is -4.28. The minimum atomic E-state index is -4.85. The van der Waals surface area contributed by atoms with E-state index in [0.717, 1.165) is 40.4 Å². The Kier molecular flexibility index (Phi) is 6.49. The predicted molar refractivity (Wildman–Crippen MR) is 125 cm³/mol. The Morgan fingerprint density at radius 3 is 2.33 bits per heavy atom. The highest BCUT2D eigenvalue weighted by molar-refractivity contribution is 6.14. The van der Waals surface area contributed by atoms with Crippen LogP contribution in [0, 0.1) is 12.7 Å². The van der Waals surface area contributed by atoms with Crippen molar-refractivity contribution in [3.05, 3.63) is 88.1 Å². The lowest BCUT2D eigenvalue weighted by molar-refractivity contribution is -0.140. The van der Waals surface area contributed by atoms with E-state index in [4.69, 9.17) is 5.73 Å². The van der Waals surface area contributed by atoms with Crippen LogP contribution in [0.1, 0.15) is 50.3 Å². The Bertz CT molecular complexity index is 1480. The number of alkyl halides is 3. The van der Waals surface area contributed by atoms with Crippen LogP contribution in [0.4, 0.5) is 23.2 Å². The van der Waals surface area contributed by atoms with Gasteiger partial charge in [-0.15, -0.1) is 0 Å². The molecule has 7 nitrogen and oxygen atoms in total. The van der Waals surface area contributed by atoms with Crippen LogP contribution in [0.25, 0.3) is 10.9 Å². The molecule has 0 radical (unpaired) electrons. The average Bonchev–Trinajstić information content (AvgIpc) is 3.13. The fourth-order valence-corrected chi connectivity index (χ4v) is 3.80. The lowest BCUT2D eigenvalue weighted by atomic mass is 10.1. The first kappa shape index (κ1) is 24.8. The van der Waals surface area contributed by atoms with Gasteiger partial charge in [0.2, 0.25) is 0 Å². The molecule has 0 unspecified atom stereocenters. The molecule has 0 spiro atoms. The second-order valence-corrected chi connectivity index (χ2v) is 8.17. The van der Waals surface area contributed by atoms with Crippen molar-refractivity contribution < 1.29 is 27.2 Å². The molecule has 4 rings (SSSR count). The standard InChI is InChI=1S/C25H21F4N5O2/c1-3-14-4-6-15(7-5-14)12-34-13(2)21(22(33-34)25(27,28)29)32-24(36)18-11-20(23(30)35)31-19-10-16(26)8-9-17(18)19/h4-11H,3,12H2,1-2H3,(H2,30,35)(H,32,36). The fourth-order valence-electron chi connectivity index (χ4n) is 3.80. The molecule has 0 atom stereocenters. The number of hydrogen-bond donors (Lipinski definition) is 2. The van der Waals surface area contributed by atoms with Gasteiger partial charge in [-0.2, -0.15) is 18.3 Å². The summed E-state index contributed by atoms with van der Waals surface area (Å²) in [6.45, 7) is 3.46. The summed E-state index contributed by atoms with van der Waals surface area (Å²) in [7, 11) is 0. The van der Waals surface area contributed by atoms with Gasteiger partial charge in [0.15, 0.2) is 5.69 Å². The Morgan fingerprint density at radius 1 is 1.06 bits per heavy atom. The SMILES string of the molecule is CCc1ccc(Cn2nc(C(F)(F)F)c(NC(=O)c3cc(C(N)=O)nc4cc(F)ccc34)c2C)cc1. The number of nitrogens with two attached hydrogens (primary N) is 1. The predicted octanol–water partition coefficient (Wildman–Crippen LogP) is 4.86. The summed E-state index contributed by atoms with van der Waals surface area (Å²) in [6, 6.07) is 11.7. The molecule has 0 aliphatic heterocycles. The summed E-state index contributed by atoms with van der Waals surface area (Å²) in [4.78, 5) is 28.8. The van der Waals surface area contributed by atoms with E-state index < -0.39 is 35.2 Å². The van der Waals surface area contributed by atoms with Gasteiger partial charge < -0.3 is 11.1 Å². The molecular formula is C25H21F4N5O2. The highest BCUT2D eigenvalue weighted by Gasteiger charge is 2.39. The van der Waals surface area contributed by atoms with Crippen molar-refractivity contribution in [2.75, 3.05) is 5.32 Å². The lowest BCUT2D eigenvalue weighted by Gasteiger charge is -2.12. The van der Waals surface area contributed by atoms with Gasteiger partial charge in [-0.05, 0) is 42.7 Å². The van der Waals surface area contributed by atoms with Crippen molar-refractivity contribution in [1.82, 2.24) is 14.8 Å². The van der Waals surface area contributed by atoms with E-state index >= 15 is 0 Å². The van der Waals surface area contributed by atoms with Crippen molar-refractivity contribution in [3.63, 3.8) is 0 Å². The number of pyridine rings is 1. The third-order valence-electron chi connectivity index (χ3n) is 5.75. The summed E-state index contributed by atoms with van der Waals surface area (Å²) >= 11 is 0. The minimum absolute atomic E-state index is 0.0459. The first-order valence-corrected chi connectivity index (χ1v) is 10.9. The fraction of sp³-hybridized carbons (Fsp3) is 0.200. The van der Waals surface area contributed by atoms with Crippen LogP contribution in [0.2, 0.25) is 0 Å². The number of carbonyl (C=O) groups excluding carboxylic acids is 2. The maximum atomic E-state index is 13.9. The van der Waals surface area contributed by atoms with E-state index in [-0.39, 0.29) is 34.4 Å². The summed E-state index contributed by atoms with van der Waals surface area (Å²) in [5, 5.41) is 6.14. The van der Waals surface area contributed by atoms with Crippen molar-refractivity contribution in [1.29, 1.82) is 0 Å². The number of carbonyl (C=O) groups is 2. The molecule has 0 bridgehead atoms. The minimum Gasteiger partial charge on any atom is -0.364 e. The molecule has 186 valence electrons. The smallest absolute Gasteiger partial charge is 0.364 e. The van der Waals surface area contributed by atoms with Crippen LogP contribution in [-0.2, 0) is 19.1 Å². The van der Waals surface area contributed by atoms with Crippen LogP contribution in [0.5, 0.6) is 0 Å². The highest BCUT2D eigenvalue weighted by atomic mass is 19.4. The maximum absolute atomic E-state index is 13.9. The number of primary amides is 1. The highest BCUT2D eigenvalue weighted by Crippen LogP contribution is 2.36. The molecule has 3 N–H and O–H groups in total. The second-order valence-electron chi connectivity index (χ2n) is 8.17. The Balaban J connectivity index is 1.76. The van der Waals surface area contributed by atoms with Gasteiger partial charge >= 0.3 is 6.18 Å². The van der Waals surface area contributed by atoms with Gasteiger partial charge in [-0.3, -0.25) is 14.3 Å². The first-order chi connectivity index (χ1) is 17.0. The number of amides is 2. The van der Waals surface area contributed by atoms with Crippen LogP contribution in [0.15, 0.2) is 48.5 Å². The third kappa shape index (κ3) is 4.90. The molecule has 2 amide bonds. The number of nitrogens with one attached hydrogen (secondary N) is 1. The molecule has 2 aromatic carbocycles. The molecule has 0 aliphatic rings. The number of aromatic nitrogens is 3. The molecule has 0 saturated carbocycles. The number of hydrogen-bond acceptors (Lipinski definition) is 4. The Morgan fingerprint density at radius 2 is 1.72 bits per heavy atom. The number of halogens is 4. The van der Waals surface area contributed by atoms with E-state index in [9.17, 15) is 27.2 Å². The number of aryl methyl sites for hydroxylation is 1. The van der Waals surface area contributed by atoms with Crippen LogP contribution >= 0.6 is 0 Å². The van der Waals surface area contributed by atoms with E-state index in [1.807, 2.05) is 19.1 Å². The van der Waals surface area contributed by atoms with Crippen molar-refractivity contribution in [3.8, 4) is 0 Å². The molecule has 2 aromatic heterocycles. The zero-order valence-corrected chi connectivity index (χ0v) is 19.3.